The number of nitrogens with two attached hydrogens (primary N) is 1. The molecule has 0 heterocycles. The molecule has 1 rings (SSSR count). The molecule has 1 aromatic carbocycles. The van der Waals surface area contributed by atoms with Crippen LogP contribution in [0.5, 0.6) is 0 Å². The fraction of sp³-hybridized carbons (Fsp3) is 0.455. The Bertz CT molecular complexity index is 344. The molecule has 0 bridgehead atoms. The van der Waals surface area contributed by atoms with Gasteiger partial charge in [0.15, 0.2) is 0 Å². The normalized spacial score (nSPS) is 11.7. The minimum atomic E-state index is -4.17. The maximum Gasteiger partial charge on any atom is 0.441 e. The van der Waals surface area contributed by atoms with Crippen molar-refractivity contribution in [2.75, 3.05) is 24.7 Å². The van der Waals surface area contributed by atoms with E-state index in [1.54, 1.807) is 6.07 Å². The van der Waals surface area contributed by atoms with Gasteiger partial charge in [0, 0.05) is 11.4 Å². The van der Waals surface area contributed by atoms with Crippen molar-refractivity contribution in [3.05, 3.63) is 29.8 Å². The highest BCUT2D eigenvalue weighted by atomic mass is 32.2. The summed E-state index contributed by atoms with van der Waals surface area (Å²) in [5.74, 6) is -0.0756. The van der Waals surface area contributed by atoms with Gasteiger partial charge in [-0.05, 0) is 29.8 Å². The smallest absolute Gasteiger partial charge is 0.399 e. The average molecular weight is 265 g/mol. The van der Waals surface area contributed by atoms with Crippen LogP contribution in [0, 0.1) is 0 Å². The third-order valence-electron chi connectivity index (χ3n) is 2.06. The molecule has 96 valence electrons. The van der Waals surface area contributed by atoms with Crippen LogP contribution in [-0.4, -0.2) is 24.5 Å². The molecule has 0 spiro atoms. The van der Waals surface area contributed by atoms with Crippen LogP contribution in [0.2, 0.25) is 0 Å². The zero-order valence-corrected chi connectivity index (χ0v) is 9.98. The number of benzene rings is 1. The van der Waals surface area contributed by atoms with Crippen molar-refractivity contribution in [1.29, 1.82) is 0 Å². The molecule has 0 atom stereocenters. The molecule has 0 unspecified atom stereocenters. The lowest BCUT2D eigenvalue weighted by atomic mass is 10.1. The molecule has 0 fully saturated rings. The molecule has 0 saturated carbocycles. The zero-order chi connectivity index (χ0) is 12.7. The number of ether oxygens (including phenoxy) is 1. The molecule has 0 saturated heterocycles. The van der Waals surface area contributed by atoms with Crippen LogP contribution in [-0.2, 0) is 11.2 Å². The third kappa shape index (κ3) is 6.43. The van der Waals surface area contributed by atoms with Crippen molar-refractivity contribution in [3.8, 4) is 0 Å². The Kier molecular flexibility index (Phi) is 5.64. The van der Waals surface area contributed by atoms with Gasteiger partial charge in [0.1, 0.15) is 0 Å². The van der Waals surface area contributed by atoms with Gasteiger partial charge in [0.2, 0.25) is 0 Å². The Morgan fingerprint density at radius 3 is 2.53 bits per heavy atom. The number of alkyl halides is 3. The summed E-state index contributed by atoms with van der Waals surface area (Å²) in [6.07, 6.45) is 0.614. The minimum Gasteiger partial charge on any atom is -0.399 e. The SMILES string of the molecule is Nc1ccccc1CCOCCSC(F)(F)F. The molecular weight excluding hydrogens is 251 g/mol. The summed E-state index contributed by atoms with van der Waals surface area (Å²) in [4.78, 5) is 0. The van der Waals surface area contributed by atoms with Gasteiger partial charge in [-0.2, -0.15) is 13.2 Å². The molecule has 17 heavy (non-hydrogen) atoms. The topological polar surface area (TPSA) is 35.2 Å². The monoisotopic (exact) mass is 265 g/mol. The van der Waals surface area contributed by atoms with Crippen LogP contribution in [0.15, 0.2) is 24.3 Å². The maximum absolute atomic E-state index is 11.8. The van der Waals surface area contributed by atoms with Gasteiger partial charge < -0.3 is 10.5 Å². The average Bonchev–Trinajstić information content (AvgIpc) is 2.24. The van der Waals surface area contributed by atoms with Crippen LogP contribution in [0.25, 0.3) is 0 Å². The van der Waals surface area contributed by atoms with E-state index in [9.17, 15) is 13.2 Å². The molecule has 2 N–H and O–H groups in total. The summed E-state index contributed by atoms with van der Waals surface area (Å²) in [6, 6.07) is 7.36. The standard InChI is InChI=1S/C11H14F3NOS/c12-11(13,14)17-8-7-16-6-5-9-3-1-2-4-10(9)15/h1-4H,5-8,15H2. The molecule has 1 aromatic rings. The van der Waals surface area contributed by atoms with E-state index >= 15 is 0 Å². The fourth-order valence-electron chi connectivity index (χ4n) is 1.26. The third-order valence-corrected chi connectivity index (χ3v) is 2.76. The first-order chi connectivity index (χ1) is 7.99. The molecule has 0 amide bonds. The van der Waals surface area contributed by atoms with Gasteiger partial charge in [-0.25, -0.2) is 0 Å². The largest absolute Gasteiger partial charge is 0.441 e. The van der Waals surface area contributed by atoms with Crippen molar-refractivity contribution in [1.82, 2.24) is 0 Å². The van der Waals surface area contributed by atoms with Gasteiger partial charge in [-0.3, -0.25) is 0 Å². The second-order valence-electron chi connectivity index (χ2n) is 3.36. The lowest BCUT2D eigenvalue weighted by molar-refractivity contribution is -0.0331. The lowest BCUT2D eigenvalue weighted by Gasteiger charge is -2.07. The minimum absolute atomic E-state index is 0.0667. The zero-order valence-electron chi connectivity index (χ0n) is 9.17. The second kappa shape index (κ2) is 6.76. The summed E-state index contributed by atoms with van der Waals surface area (Å²) in [6.45, 7) is 0.476. The van der Waals surface area contributed by atoms with E-state index in [4.69, 9.17) is 10.5 Å². The number of hydrogen-bond donors (Lipinski definition) is 1. The molecular formula is C11H14F3NOS. The van der Waals surface area contributed by atoms with Crippen molar-refractivity contribution >= 4 is 17.4 Å². The molecule has 6 heteroatoms. The Hall–Kier alpha value is -0.880. The van der Waals surface area contributed by atoms with Gasteiger partial charge in [-0.1, -0.05) is 18.2 Å². The highest BCUT2D eigenvalue weighted by Gasteiger charge is 2.27. The number of thioether (sulfide) groups is 1. The van der Waals surface area contributed by atoms with E-state index in [1.807, 2.05) is 18.2 Å². The Labute approximate surface area is 102 Å². The van der Waals surface area contributed by atoms with Crippen molar-refractivity contribution in [2.45, 2.75) is 11.9 Å². The van der Waals surface area contributed by atoms with E-state index in [-0.39, 0.29) is 24.1 Å². The van der Waals surface area contributed by atoms with Gasteiger partial charge in [0.05, 0.1) is 13.2 Å². The Balaban J connectivity index is 2.11. The highest BCUT2D eigenvalue weighted by Crippen LogP contribution is 2.29. The quantitative estimate of drug-likeness (QED) is 0.634. The van der Waals surface area contributed by atoms with Gasteiger partial charge >= 0.3 is 5.51 Å². The molecule has 2 nitrogen and oxygen atoms in total. The molecule has 0 aliphatic carbocycles. The van der Waals surface area contributed by atoms with Crippen LogP contribution in [0.1, 0.15) is 5.56 Å². The predicted molar refractivity (Wildman–Crippen MR) is 63.9 cm³/mol. The highest BCUT2D eigenvalue weighted by molar-refractivity contribution is 8.00. The summed E-state index contributed by atoms with van der Waals surface area (Å²) in [5.41, 5.74) is 3.17. The maximum atomic E-state index is 11.8. The summed E-state index contributed by atoms with van der Waals surface area (Å²) in [7, 11) is 0. The fourth-order valence-corrected chi connectivity index (χ4v) is 1.70. The van der Waals surface area contributed by atoms with E-state index in [1.165, 1.54) is 0 Å². The van der Waals surface area contributed by atoms with E-state index in [0.29, 0.717) is 18.7 Å². The molecule has 0 radical (unpaired) electrons. The Morgan fingerprint density at radius 1 is 1.18 bits per heavy atom. The van der Waals surface area contributed by atoms with Crippen LogP contribution in [0.4, 0.5) is 18.9 Å². The number of para-hydroxylation sites is 1. The number of halogens is 3. The van der Waals surface area contributed by atoms with Gasteiger partial charge in [0.25, 0.3) is 0 Å². The van der Waals surface area contributed by atoms with Gasteiger partial charge in [-0.15, -0.1) is 0 Å². The van der Waals surface area contributed by atoms with Crippen LogP contribution < -0.4 is 5.73 Å². The second-order valence-corrected chi connectivity index (χ2v) is 4.52. The number of rotatable bonds is 6. The van der Waals surface area contributed by atoms with Crippen LogP contribution in [0.3, 0.4) is 0 Å². The first-order valence-electron chi connectivity index (χ1n) is 5.11. The lowest BCUT2D eigenvalue weighted by Crippen LogP contribution is -2.08. The Morgan fingerprint density at radius 2 is 1.88 bits per heavy atom. The first-order valence-corrected chi connectivity index (χ1v) is 6.09. The number of anilines is 1. The van der Waals surface area contributed by atoms with Crippen molar-refractivity contribution in [3.63, 3.8) is 0 Å². The van der Waals surface area contributed by atoms with Crippen molar-refractivity contribution < 1.29 is 17.9 Å². The predicted octanol–water partition coefficient (Wildman–Crippen LogP) is 3.08. The van der Waals surface area contributed by atoms with Crippen molar-refractivity contribution in [2.24, 2.45) is 0 Å². The number of nitrogen functional groups attached to an aromatic ring is 1. The van der Waals surface area contributed by atoms with E-state index in [2.05, 4.69) is 0 Å². The first kappa shape index (κ1) is 14.2. The van der Waals surface area contributed by atoms with Crippen LogP contribution >= 0.6 is 11.8 Å². The summed E-state index contributed by atoms with van der Waals surface area (Å²) >= 11 is -0.0667. The van der Waals surface area contributed by atoms with E-state index in [0.717, 1.165) is 5.56 Å². The molecule has 0 aromatic heterocycles. The summed E-state index contributed by atoms with van der Waals surface area (Å²) < 4.78 is 40.4. The summed E-state index contributed by atoms with van der Waals surface area (Å²) in [5, 5.41) is 0. The molecule has 0 aliphatic rings. The molecule has 0 aliphatic heterocycles. The van der Waals surface area contributed by atoms with E-state index < -0.39 is 5.51 Å². The number of hydrogen-bond acceptors (Lipinski definition) is 3.